The zero-order valence-electron chi connectivity index (χ0n) is 15.9. The number of halogens is 1. The first-order valence-electron chi connectivity index (χ1n) is 8.79. The highest BCUT2D eigenvalue weighted by molar-refractivity contribution is 6.31. The first-order chi connectivity index (χ1) is 12.2. The van der Waals surface area contributed by atoms with Gasteiger partial charge < -0.3 is 4.98 Å². The second-order valence-corrected chi connectivity index (χ2v) is 8.22. The lowest BCUT2D eigenvalue weighted by molar-refractivity contribution is 0.590. The number of hydrogen-bond donors (Lipinski definition) is 1. The van der Waals surface area contributed by atoms with Gasteiger partial charge in [-0.1, -0.05) is 68.8 Å². The molecule has 1 aromatic heterocycles. The van der Waals surface area contributed by atoms with Gasteiger partial charge in [-0.05, 0) is 42.0 Å². The number of aromatic amines is 1. The van der Waals surface area contributed by atoms with E-state index in [1.807, 2.05) is 43.3 Å². The average Bonchev–Trinajstić information content (AvgIpc) is 2.56. The molecule has 0 bridgehead atoms. The summed E-state index contributed by atoms with van der Waals surface area (Å²) in [6.45, 7) is 10.4. The Hall–Kier alpha value is -2.32. The first-order valence-corrected chi connectivity index (χ1v) is 9.16. The van der Waals surface area contributed by atoms with Gasteiger partial charge in [0.2, 0.25) is 0 Å². The number of pyridine rings is 1. The van der Waals surface area contributed by atoms with Crippen molar-refractivity contribution < 1.29 is 0 Å². The van der Waals surface area contributed by atoms with Crippen molar-refractivity contribution in [3.8, 4) is 22.4 Å². The van der Waals surface area contributed by atoms with Crippen molar-refractivity contribution in [3.05, 3.63) is 80.6 Å². The van der Waals surface area contributed by atoms with Crippen LogP contribution in [0.15, 0.2) is 53.3 Å². The number of nitrogens with one attached hydrogen (secondary N) is 1. The van der Waals surface area contributed by atoms with Gasteiger partial charge in [-0.2, -0.15) is 0 Å². The van der Waals surface area contributed by atoms with E-state index in [1.165, 1.54) is 0 Å². The molecule has 0 aliphatic carbocycles. The van der Waals surface area contributed by atoms with Crippen LogP contribution in [0.3, 0.4) is 0 Å². The van der Waals surface area contributed by atoms with Gasteiger partial charge in [0.05, 0.1) is 0 Å². The summed E-state index contributed by atoms with van der Waals surface area (Å²) in [5.74, 6) is 0. The highest BCUT2D eigenvalue weighted by atomic mass is 35.5. The largest absolute Gasteiger partial charge is 0.358 e. The summed E-state index contributed by atoms with van der Waals surface area (Å²) in [7, 11) is 0. The molecule has 0 aliphatic heterocycles. The van der Waals surface area contributed by atoms with Crippen molar-refractivity contribution >= 4 is 11.6 Å². The topological polar surface area (TPSA) is 32.9 Å². The average molecular weight is 366 g/mol. The Labute approximate surface area is 159 Å². The van der Waals surface area contributed by atoms with Gasteiger partial charge in [0.25, 0.3) is 0 Å². The highest BCUT2D eigenvalue weighted by Crippen LogP contribution is 2.35. The number of H-pyrrole nitrogens is 1. The Balaban J connectivity index is 2.15. The second-order valence-electron chi connectivity index (χ2n) is 7.81. The lowest BCUT2D eigenvalue weighted by Crippen LogP contribution is -2.13. The van der Waals surface area contributed by atoms with Crippen molar-refractivity contribution in [1.29, 1.82) is 0 Å². The predicted octanol–water partition coefficient (Wildman–Crippen LogP) is 6.28. The molecule has 0 saturated heterocycles. The third kappa shape index (κ3) is 3.47. The molecule has 3 aromatic rings. The summed E-state index contributed by atoms with van der Waals surface area (Å²) in [5.41, 5.74) is 6.45. The van der Waals surface area contributed by atoms with E-state index in [2.05, 4.69) is 38.7 Å². The third-order valence-corrected chi connectivity index (χ3v) is 5.01. The molecule has 0 aliphatic rings. The van der Waals surface area contributed by atoms with Crippen molar-refractivity contribution in [2.24, 2.45) is 0 Å². The SMILES string of the molecule is Cc1cc(C(C)(C)C)c(Cl)cc1-c1cc(=O)c(-c2ccccc2)c(C)[nH]1. The second kappa shape index (κ2) is 6.77. The standard InChI is InChI=1S/C23H24ClNO/c1-14-11-18(23(3,4)5)19(24)12-17(14)20-13-21(26)22(15(2)25-20)16-9-7-6-8-10-16/h6-13H,1-5H3,(H,25,26). The summed E-state index contributed by atoms with van der Waals surface area (Å²) in [5, 5.41) is 0.726. The van der Waals surface area contributed by atoms with Gasteiger partial charge in [0.1, 0.15) is 0 Å². The molecular weight excluding hydrogens is 342 g/mol. The summed E-state index contributed by atoms with van der Waals surface area (Å²) in [6.07, 6.45) is 0. The minimum Gasteiger partial charge on any atom is -0.358 e. The van der Waals surface area contributed by atoms with Crippen LogP contribution in [-0.2, 0) is 5.41 Å². The van der Waals surface area contributed by atoms with Gasteiger partial charge in [0.15, 0.2) is 5.43 Å². The maximum Gasteiger partial charge on any atom is 0.190 e. The summed E-state index contributed by atoms with van der Waals surface area (Å²) < 4.78 is 0. The lowest BCUT2D eigenvalue weighted by atomic mass is 9.85. The molecule has 3 rings (SSSR count). The molecule has 134 valence electrons. The Morgan fingerprint density at radius 2 is 1.62 bits per heavy atom. The molecular formula is C23H24ClNO. The van der Waals surface area contributed by atoms with Crippen LogP contribution >= 0.6 is 11.6 Å². The summed E-state index contributed by atoms with van der Waals surface area (Å²) >= 11 is 6.55. The van der Waals surface area contributed by atoms with Gasteiger partial charge in [0, 0.05) is 33.6 Å². The molecule has 2 aromatic carbocycles. The summed E-state index contributed by atoms with van der Waals surface area (Å²) in [4.78, 5) is 16.2. The highest BCUT2D eigenvalue weighted by Gasteiger charge is 2.20. The lowest BCUT2D eigenvalue weighted by Gasteiger charge is -2.22. The zero-order chi connectivity index (χ0) is 19.1. The monoisotopic (exact) mass is 365 g/mol. The molecule has 0 amide bonds. The van der Waals surface area contributed by atoms with Gasteiger partial charge in [-0.15, -0.1) is 0 Å². The van der Waals surface area contributed by atoms with Gasteiger partial charge >= 0.3 is 0 Å². The minimum atomic E-state index is -0.0269. The molecule has 3 heteroatoms. The van der Waals surface area contributed by atoms with Crippen molar-refractivity contribution in [1.82, 2.24) is 4.98 Å². The van der Waals surface area contributed by atoms with Crippen molar-refractivity contribution in [3.63, 3.8) is 0 Å². The van der Waals surface area contributed by atoms with Crippen LogP contribution in [0.1, 0.15) is 37.6 Å². The quantitative estimate of drug-likeness (QED) is 0.569. The van der Waals surface area contributed by atoms with E-state index in [-0.39, 0.29) is 10.8 Å². The van der Waals surface area contributed by atoms with E-state index < -0.39 is 0 Å². The molecule has 0 saturated carbocycles. The Kier molecular flexibility index (Phi) is 4.81. The Morgan fingerprint density at radius 3 is 2.19 bits per heavy atom. The van der Waals surface area contributed by atoms with Crippen LogP contribution in [0.5, 0.6) is 0 Å². The predicted molar refractivity (Wildman–Crippen MR) is 111 cm³/mol. The third-order valence-electron chi connectivity index (χ3n) is 4.69. The molecule has 1 N–H and O–H groups in total. The van der Waals surface area contributed by atoms with Crippen LogP contribution in [0.2, 0.25) is 5.02 Å². The van der Waals surface area contributed by atoms with E-state index in [0.717, 1.165) is 38.7 Å². The van der Waals surface area contributed by atoms with Crippen LogP contribution in [-0.4, -0.2) is 4.98 Å². The van der Waals surface area contributed by atoms with E-state index >= 15 is 0 Å². The molecule has 0 atom stereocenters. The number of hydrogen-bond acceptors (Lipinski definition) is 1. The van der Waals surface area contributed by atoms with E-state index in [1.54, 1.807) is 6.07 Å². The fourth-order valence-electron chi connectivity index (χ4n) is 3.34. The smallest absolute Gasteiger partial charge is 0.190 e. The van der Waals surface area contributed by atoms with Gasteiger partial charge in [-0.3, -0.25) is 4.79 Å². The van der Waals surface area contributed by atoms with E-state index in [4.69, 9.17) is 11.6 Å². The van der Waals surface area contributed by atoms with E-state index in [0.29, 0.717) is 5.56 Å². The molecule has 0 unspecified atom stereocenters. The molecule has 26 heavy (non-hydrogen) atoms. The maximum absolute atomic E-state index is 12.8. The molecule has 0 fully saturated rings. The number of rotatable bonds is 2. The van der Waals surface area contributed by atoms with Crippen molar-refractivity contribution in [2.45, 2.75) is 40.0 Å². The Bertz CT molecular complexity index is 1010. The van der Waals surface area contributed by atoms with Crippen LogP contribution in [0.25, 0.3) is 22.4 Å². The van der Waals surface area contributed by atoms with Crippen LogP contribution < -0.4 is 5.43 Å². The first kappa shape index (κ1) is 18.5. The zero-order valence-corrected chi connectivity index (χ0v) is 16.7. The Morgan fingerprint density at radius 1 is 0.962 bits per heavy atom. The minimum absolute atomic E-state index is 0.0119. The molecule has 1 heterocycles. The molecule has 0 spiro atoms. The van der Waals surface area contributed by atoms with Crippen LogP contribution in [0.4, 0.5) is 0 Å². The normalized spacial score (nSPS) is 11.6. The van der Waals surface area contributed by atoms with Crippen LogP contribution in [0, 0.1) is 13.8 Å². The van der Waals surface area contributed by atoms with E-state index in [9.17, 15) is 4.79 Å². The van der Waals surface area contributed by atoms with Crippen molar-refractivity contribution in [2.75, 3.05) is 0 Å². The number of aromatic nitrogens is 1. The maximum atomic E-state index is 12.8. The number of benzene rings is 2. The number of aryl methyl sites for hydroxylation is 2. The molecule has 0 radical (unpaired) electrons. The molecule has 2 nitrogen and oxygen atoms in total. The summed E-state index contributed by atoms with van der Waals surface area (Å²) in [6, 6.07) is 15.5. The fraction of sp³-hybridized carbons (Fsp3) is 0.261. The van der Waals surface area contributed by atoms with Gasteiger partial charge in [-0.25, -0.2) is 0 Å². The fourth-order valence-corrected chi connectivity index (χ4v) is 3.79.